The molecule has 2 aromatic rings. The quantitative estimate of drug-likeness (QED) is 0.641. The van der Waals surface area contributed by atoms with Crippen LogP contribution in [0, 0.1) is 17.7 Å². The average Bonchev–Trinajstić information content (AvgIpc) is 3.27. The summed E-state index contributed by atoms with van der Waals surface area (Å²) in [6.45, 7) is 6.02. The summed E-state index contributed by atoms with van der Waals surface area (Å²) in [5, 5.41) is 11.3. The first-order valence-corrected chi connectivity index (χ1v) is 10.8. The molecule has 2 heterocycles. The maximum absolute atomic E-state index is 14.0. The minimum absolute atomic E-state index is 0.0439. The number of aliphatic hydroxyl groups excluding tert-OH is 1. The third-order valence-electron chi connectivity index (χ3n) is 7.33. The molecule has 5 rings (SSSR count). The van der Waals surface area contributed by atoms with E-state index < -0.39 is 17.0 Å². The van der Waals surface area contributed by atoms with Crippen LogP contribution in [0.15, 0.2) is 42.2 Å². The van der Waals surface area contributed by atoms with Gasteiger partial charge in [0.15, 0.2) is 5.78 Å². The van der Waals surface area contributed by atoms with Gasteiger partial charge in [-0.25, -0.2) is 4.39 Å². The maximum Gasteiger partial charge on any atom is 0.173 e. The maximum atomic E-state index is 14.0. The predicted octanol–water partition coefficient (Wildman–Crippen LogP) is 6.13. The number of hydrogen-bond acceptors (Lipinski definition) is 3. The number of carbonyl (C=O) groups is 1. The Morgan fingerprint density at radius 1 is 1.10 bits per heavy atom. The van der Waals surface area contributed by atoms with Gasteiger partial charge in [-0.3, -0.25) is 4.79 Å². The van der Waals surface area contributed by atoms with Crippen LogP contribution in [-0.2, 0) is 16.0 Å². The number of allylic oxidation sites excluding steroid dienone is 1. The SMILES string of the molecule is CCc1ccc(-c2ccc(Cl)c(F)c2)cc1C1=C(O)[C@@H]2[C@H](C1=O)C1(C)CCC2(C)O1. The van der Waals surface area contributed by atoms with Crippen molar-refractivity contribution in [3.8, 4) is 11.1 Å². The summed E-state index contributed by atoms with van der Waals surface area (Å²) in [5.41, 5.74) is 2.52. The molecule has 2 aliphatic heterocycles. The zero-order valence-electron chi connectivity index (χ0n) is 17.3. The number of Topliss-reactive ketones (excluding diaryl/α,β-unsaturated/α-hetero) is 1. The summed E-state index contributed by atoms with van der Waals surface area (Å²) in [5.74, 6) is -1.05. The fourth-order valence-electron chi connectivity index (χ4n) is 5.83. The van der Waals surface area contributed by atoms with E-state index in [0.717, 1.165) is 36.0 Å². The van der Waals surface area contributed by atoms with Crippen molar-refractivity contribution >= 4 is 23.0 Å². The van der Waals surface area contributed by atoms with Gasteiger partial charge in [0, 0.05) is 0 Å². The van der Waals surface area contributed by atoms with Crippen LogP contribution < -0.4 is 0 Å². The molecule has 0 aromatic heterocycles. The number of fused-ring (bicyclic) bond motifs is 5. The van der Waals surface area contributed by atoms with Gasteiger partial charge in [-0.15, -0.1) is 0 Å². The van der Waals surface area contributed by atoms with Crippen LogP contribution in [0.3, 0.4) is 0 Å². The molecule has 2 aromatic carbocycles. The second kappa shape index (κ2) is 6.41. The Morgan fingerprint density at radius 3 is 2.37 bits per heavy atom. The van der Waals surface area contributed by atoms with Gasteiger partial charge in [0.2, 0.25) is 0 Å². The fourth-order valence-corrected chi connectivity index (χ4v) is 5.95. The number of benzene rings is 2. The summed E-state index contributed by atoms with van der Waals surface area (Å²) < 4.78 is 20.3. The molecule has 1 N–H and O–H groups in total. The second-order valence-electron chi connectivity index (χ2n) is 9.16. The molecule has 0 saturated carbocycles. The highest BCUT2D eigenvalue weighted by atomic mass is 35.5. The normalized spacial score (nSPS) is 32.2. The minimum atomic E-state index is -0.532. The van der Waals surface area contributed by atoms with Crippen LogP contribution in [-0.4, -0.2) is 22.1 Å². The van der Waals surface area contributed by atoms with E-state index in [0.29, 0.717) is 11.1 Å². The van der Waals surface area contributed by atoms with Crippen molar-refractivity contribution in [2.45, 2.75) is 51.2 Å². The zero-order chi connectivity index (χ0) is 21.4. The molecule has 3 nitrogen and oxygen atoms in total. The Hall–Kier alpha value is -2.17. The van der Waals surface area contributed by atoms with Crippen molar-refractivity contribution in [2.75, 3.05) is 0 Å². The molecule has 2 bridgehead atoms. The number of rotatable bonds is 3. The first-order chi connectivity index (χ1) is 14.2. The Morgan fingerprint density at radius 2 is 1.73 bits per heavy atom. The van der Waals surface area contributed by atoms with Crippen molar-refractivity contribution < 1.29 is 19.0 Å². The number of aliphatic hydroxyl groups is 1. The van der Waals surface area contributed by atoms with E-state index in [1.807, 2.05) is 39.0 Å². The number of ketones is 1. The molecule has 2 unspecified atom stereocenters. The molecule has 3 aliphatic rings. The van der Waals surface area contributed by atoms with Gasteiger partial charge >= 0.3 is 0 Å². The van der Waals surface area contributed by atoms with Gasteiger partial charge in [0.1, 0.15) is 11.6 Å². The van der Waals surface area contributed by atoms with Crippen LogP contribution in [0.2, 0.25) is 5.02 Å². The zero-order valence-corrected chi connectivity index (χ0v) is 18.0. The van der Waals surface area contributed by atoms with E-state index >= 15 is 0 Å². The average molecular weight is 427 g/mol. The monoisotopic (exact) mass is 426 g/mol. The number of hydrogen-bond donors (Lipinski definition) is 1. The van der Waals surface area contributed by atoms with Gasteiger partial charge in [0.25, 0.3) is 0 Å². The van der Waals surface area contributed by atoms with Gasteiger partial charge in [0.05, 0.1) is 33.6 Å². The van der Waals surface area contributed by atoms with Crippen molar-refractivity contribution in [3.05, 3.63) is 64.1 Å². The molecule has 0 amide bonds. The van der Waals surface area contributed by atoms with Gasteiger partial charge in [-0.1, -0.05) is 36.7 Å². The third-order valence-corrected chi connectivity index (χ3v) is 7.63. The van der Waals surface area contributed by atoms with E-state index in [1.54, 1.807) is 6.07 Å². The van der Waals surface area contributed by atoms with Gasteiger partial charge in [-0.2, -0.15) is 0 Å². The second-order valence-corrected chi connectivity index (χ2v) is 9.57. The number of carbonyl (C=O) groups excluding carboxylic acids is 1. The lowest BCUT2D eigenvalue weighted by Crippen LogP contribution is -2.39. The first-order valence-electron chi connectivity index (χ1n) is 10.4. The lowest BCUT2D eigenvalue weighted by molar-refractivity contribution is -0.121. The van der Waals surface area contributed by atoms with E-state index in [-0.39, 0.29) is 28.4 Å². The summed E-state index contributed by atoms with van der Waals surface area (Å²) in [6.07, 6.45) is 2.37. The number of ether oxygens (including phenoxy) is 1. The molecule has 5 heteroatoms. The summed E-state index contributed by atoms with van der Waals surface area (Å²) >= 11 is 5.83. The molecule has 30 heavy (non-hydrogen) atoms. The molecule has 1 aliphatic carbocycles. The van der Waals surface area contributed by atoms with Gasteiger partial charge in [-0.05, 0) is 73.6 Å². The highest BCUT2D eigenvalue weighted by Gasteiger charge is 2.69. The lowest BCUT2D eigenvalue weighted by Gasteiger charge is -2.30. The standard InChI is InChI=1S/C25H24ClFO3/c1-4-13-5-6-14(15-7-8-17(26)18(27)12-15)11-16(13)19-22(28)20-21(23(19)29)25(3)10-9-24(20,2)30-25/h5-8,11-12,20-21,28H,4,9-10H2,1-3H3/t20-,21+,24?,25?/m0/s1. The summed E-state index contributed by atoms with van der Waals surface area (Å²) in [7, 11) is 0. The highest BCUT2D eigenvalue weighted by Crippen LogP contribution is 2.63. The minimum Gasteiger partial charge on any atom is -0.511 e. The Labute approximate surface area is 180 Å². The van der Waals surface area contributed by atoms with Gasteiger partial charge < -0.3 is 9.84 Å². The van der Waals surface area contributed by atoms with E-state index in [9.17, 15) is 14.3 Å². The Kier molecular flexibility index (Phi) is 4.23. The van der Waals surface area contributed by atoms with Crippen LogP contribution in [0.25, 0.3) is 16.7 Å². The van der Waals surface area contributed by atoms with E-state index in [2.05, 4.69) is 0 Å². The topological polar surface area (TPSA) is 46.5 Å². The third kappa shape index (κ3) is 2.56. The molecule has 4 atom stereocenters. The van der Waals surface area contributed by atoms with Crippen LogP contribution >= 0.6 is 11.6 Å². The van der Waals surface area contributed by atoms with Crippen molar-refractivity contribution in [3.63, 3.8) is 0 Å². The molecular formula is C25H24ClFO3. The summed E-state index contributed by atoms with van der Waals surface area (Å²) in [6, 6.07) is 10.4. The highest BCUT2D eigenvalue weighted by molar-refractivity contribution is 6.30. The fraction of sp³-hybridized carbons (Fsp3) is 0.400. The van der Waals surface area contributed by atoms with E-state index in [1.165, 1.54) is 12.1 Å². The Bertz CT molecular complexity index is 1120. The van der Waals surface area contributed by atoms with Crippen LogP contribution in [0.1, 0.15) is 44.7 Å². The van der Waals surface area contributed by atoms with Crippen molar-refractivity contribution in [2.24, 2.45) is 11.8 Å². The Balaban J connectivity index is 1.66. The van der Waals surface area contributed by atoms with Crippen LogP contribution in [0.4, 0.5) is 4.39 Å². The number of aryl methyl sites for hydroxylation is 1. The summed E-state index contributed by atoms with van der Waals surface area (Å²) in [4.78, 5) is 13.6. The largest absolute Gasteiger partial charge is 0.511 e. The molecule has 0 radical (unpaired) electrons. The van der Waals surface area contributed by atoms with Crippen molar-refractivity contribution in [1.82, 2.24) is 0 Å². The van der Waals surface area contributed by atoms with Crippen LogP contribution in [0.5, 0.6) is 0 Å². The molecular weight excluding hydrogens is 403 g/mol. The predicted molar refractivity (Wildman–Crippen MR) is 115 cm³/mol. The number of halogens is 2. The lowest BCUT2D eigenvalue weighted by atomic mass is 9.68. The molecule has 2 fully saturated rings. The first kappa shape index (κ1) is 19.8. The molecule has 2 saturated heterocycles. The van der Waals surface area contributed by atoms with Crippen molar-refractivity contribution in [1.29, 1.82) is 0 Å². The van der Waals surface area contributed by atoms with E-state index in [4.69, 9.17) is 16.3 Å². The smallest absolute Gasteiger partial charge is 0.173 e. The molecule has 156 valence electrons. The molecule has 0 spiro atoms.